The van der Waals surface area contributed by atoms with E-state index in [2.05, 4.69) is 27.7 Å². The van der Waals surface area contributed by atoms with Crippen LogP contribution in [-0.4, -0.2) is 78.0 Å². The smallest absolute Gasteiger partial charge is 0.305 e. The molecule has 0 rings (SSSR count). The Morgan fingerprint density at radius 1 is 0.552 bits per heavy atom. The second-order valence-electron chi connectivity index (χ2n) is 7.46. The van der Waals surface area contributed by atoms with Crippen molar-refractivity contribution in [1.29, 1.82) is 0 Å². The van der Waals surface area contributed by atoms with Crippen LogP contribution in [0.2, 0.25) is 0 Å². The Balaban J connectivity index is 3.35. The molecule has 8 heteroatoms. The van der Waals surface area contributed by atoms with Crippen molar-refractivity contribution in [1.82, 2.24) is 0 Å². The average molecular weight is 421 g/mol. The molecular weight excluding hydrogens is 380 g/mol. The molecule has 0 atom stereocenters. The highest BCUT2D eigenvalue weighted by Crippen LogP contribution is 2.00. The third-order valence-electron chi connectivity index (χ3n) is 3.39. The minimum absolute atomic E-state index is 0.177. The zero-order valence-corrected chi connectivity index (χ0v) is 18.6. The topological polar surface area (TPSA) is 89.5 Å². The minimum Gasteiger partial charge on any atom is -0.463 e. The lowest BCUT2D eigenvalue weighted by atomic mass is 10.2. The quantitative estimate of drug-likeness (QED) is 0.219. The molecule has 0 spiro atoms. The van der Waals surface area contributed by atoms with Gasteiger partial charge >= 0.3 is 11.9 Å². The van der Waals surface area contributed by atoms with Crippen LogP contribution in [0, 0.1) is 11.8 Å². The molecule has 29 heavy (non-hydrogen) atoms. The Morgan fingerprint density at radius 2 is 0.897 bits per heavy atom. The van der Waals surface area contributed by atoms with Crippen LogP contribution in [0.5, 0.6) is 0 Å². The second kappa shape index (κ2) is 20.1. The molecule has 0 heterocycles. The molecule has 0 aromatic rings. The Hall–Kier alpha value is -1.22. The Kier molecular flexibility index (Phi) is 19.2. The molecule has 0 aliphatic carbocycles. The SMILES string of the molecule is CC(C)COCCOCCOC(=O)CCCC(=O)OCCOCCOCC(C)C. The molecule has 0 bridgehead atoms. The van der Waals surface area contributed by atoms with E-state index in [0.717, 1.165) is 0 Å². The van der Waals surface area contributed by atoms with Crippen LogP contribution >= 0.6 is 0 Å². The van der Waals surface area contributed by atoms with E-state index in [9.17, 15) is 9.59 Å². The Morgan fingerprint density at radius 3 is 1.28 bits per heavy atom. The van der Waals surface area contributed by atoms with Crippen molar-refractivity contribution in [2.75, 3.05) is 66.1 Å². The van der Waals surface area contributed by atoms with Gasteiger partial charge in [-0.2, -0.15) is 0 Å². The molecule has 0 N–H and O–H groups in total. The van der Waals surface area contributed by atoms with Crippen LogP contribution in [0.25, 0.3) is 0 Å². The standard InChI is InChI=1S/C21H40O8/c1-18(2)16-26-10-8-24-12-14-28-20(22)6-5-7-21(23)29-15-13-25-9-11-27-17-19(3)4/h18-19H,5-17H2,1-4H3. The van der Waals surface area contributed by atoms with E-state index in [1.807, 2.05) is 0 Å². The molecule has 0 aromatic carbocycles. The zero-order chi connectivity index (χ0) is 21.7. The van der Waals surface area contributed by atoms with Gasteiger partial charge in [0, 0.05) is 26.1 Å². The summed E-state index contributed by atoms with van der Waals surface area (Å²) in [5, 5.41) is 0. The summed E-state index contributed by atoms with van der Waals surface area (Å²) in [4.78, 5) is 23.2. The van der Waals surface area contributed by atoms with E-state index >= 15 is 0 Å². The van der Waals surface area contributed by atoms with Gasteiger partial charge < -0.3 is 28.4 Å². The fourth-order valence-electron chi connectivity index (χ4n) is 2.03. The van der Waals surface area contributed by atoms with E-state index in [4.69, 9.17) is 28.4 Å². The maximum atomic E-state index is 11.6. The van der Waals surface area contributed by atoms with Crippen molar-refractivity contribution < 1.29 is 38.0 Å². The Bertz CT molecular complexity index is 362. The highest BCUT2D eigenvalue weighted by atomic mass is 16.6. The lowest BCUT2D eigenvalue weighted by Gasteiger charge is -2.09. The summed E-state index contributed by atoms with van der Waals surface area (Å²) in [6.45, 7) is 12.8. The van der Waals surface area contributed by atoms with Crippen molar-refractivity contribution in [2.45, 2.75) is 47.0 Å². The number of rotatable bonds is 20. The fourth-order valence-corrected chi connectivity index (χ4v) is 2.03. The van der Waals surface area contributed by atoms with Gasteiger partial charge in [0.2, 0.25) is 0 Å². The predicted octanol–water partition coefficient (Wildman–Crippen LogP) is 2.62. The highest BCUT2D eigenvalue weighted by Gasteiger charge is 2.07. The molecular formula is C21H40O8. The van der Waals surface area contributed by atoms with Crippen LogP contribution in [0.3, 0.4) is 0 Å². The van der Waals surface area contributed by atoms with Gasteiger partial charge in [0.1, 0.15) is 13.2 Å². The van der Waals surface area contributed by atoms with E-state index in [-0.39, 0.29) is 38.0 Å². The minimum atomic E-state index is -0.345. The average Bonchev–Trinajstić information content (AvgIpc) is 2.65. The molecule has 172 valence electrons. The first-order valence-corrected chi connectivity index (χ1v) is 10.5. The number of ether oxygens (including phenoxy) is 6. The van der Waals surface area contributed by atoms with Crippen molar-refractivity contribution in [3.05, 3.63) is 0 Å². The van der Waals surface area contributed by atoms with Crippen LogP contribution < -0.4 is 0 Å². The maximum Gasteiger partial charge on any atom is 0.305 e. The number of esters is 2. The van der Waals surface area contributed by atoms with Gasteiger partial charge in [0.25, 0.3) is 0 Å². The van der Waals surface area contributed by atoms with Crippen molar-refractivity contribution in [2.24, 2.45) is 11.8 Å². The number of hydrogen-bond donors (Lipinski definition) is 0. The molecule has 0 radical (unpaired) electrons. The normalized spacial score (nSPS) is 11.2. The lowest BCUT2D eigenvalue weighted by Crippen LogP contribution is -2.15. The molecule has 0 unspecified atom stereocenters. The third-order valence-corrected chi connectivity index (χ3v) is 3.39. The molecule has 0 amide bonds. The lowest BCUT2D eigenvalue weighted by molar-refractivity contribution is -0.147. The van der Waals surface area contributed by atoms with Crippen LogP contribution in [0.4, 0.5) is 0 Å². The number of carbonyl (C=O) groups excluding carboxylic acids is 2. The second-order valence-corrected chi connectivity index (χ2v) is 7.46. The van der Waals surface area contributed by atoms with Crippen molar-refractivity contribution >= 4 is 11.9 Å². The molecule has 0 aromatic heterocycles. The molecule has 0 saturated heterocycles. The van der Waals surface area contributed by atoms with Gasteiger partial charge in [0.15, 0.2) is 0 Å². The van der Waals surface area contributed by atoms with Crippen LogP contribution in [0.15, 0.2) is 0 Å². The molecule has 0 fully saturated rings. The molecule has 0 aliphatic heterocycles. The van der Waals surface area contributed by atoms with Gasteiger partial charge in [-0.3, -0.25) is 9.59 Å². The van der Waals surface area contributed by atoms with E-state index in [1.54, 1.807) is 0 Å². The highest BCUT2D eigenvalue weighted by molar-refractivity contribution is 5.72. The van der Waals surface area contributed by atoms with Crippen molar-refractivity contribution in [3.8, 4) is 0 Å². The number of carbonyl (C=O) groups is 2. The molecule has 0 aliphatic rings. The largest absolute Gasteiger partial charge is 0.463 e. The Labute approximate surface area is 175 Å². The first-order chi connectivity index (χ1) is 13.9. The molecule has 8 nitrogen and oxygen atoms in total. The van der Waals surface area contributed by atoms with E-state index in [1.165, 1.54) is 0 Å². The number of hydrogen-bond acceptors (Lipinski definition) is 8. The summed E-state index contributed by atoms with van der Waals surface area (Å²) in [5.74, 6) is 0.312. The zero-order valence-electron chi connectivity index (χ0n) is 18.6. The van der Waals surface area contributed by atoms with Crippen molar-refractivity contribution in [3.63, 3.8) is 0 Å². The third kappa shape index (κ3) is 22.9. The predicted molar refractivity (Wildman–Crippen MR) is 109 cm³/mol. The monoisotopic (exact) mass is 420 g/mol. The summed E-state index contributed by atoms with van der Waals surface area (Å²) >= 11 is 0. The van der Waals surface area contributed by atoms with Crippen LogP contribution in [0.1, 0.15) is 47.0 Å². The summed E-state index contributed by atoms with van der Waals surface area (Å²) < 4.78 is 31.4. The van der Waals surface area contributed by atoms with Gasteiger partial charge in [-0.25, -0.2) is 0 Å². The summed E-state index contributed by atoms with van der Waals surface area (Å²) in [7, 11) is 0. The van der Waals surface area contributed by atoms with E-state index < -0.39 is 0 Å². The summed E-state index contributed by atoms with van der Waals surface area (Å²) in [6.07, 6.45) is 0.748. The summed E-state index contributed by atoms with van der Waals surface area (Å²) in [6, 6.07) is 0. The first kappa shape index (κ1) is 27.8. The van der Waals surface area contributed by atoms with Gasteiger partial charge in [-0.1, -0.05) is 27.7 Å². The van der Waals surface area contributed by atoms with E-state index in [0.29, 0.717) is 71.1 Å². The first-order valence-electron chi connectivity index (χ1n) is 10.5. The summed E-state index contributed by atoms with van der Waals surface area (Å²) in [5.41, 5.74) is 0. The molecule has 0 saturated carbocycles. The maximum absolute atomic E-state index is 11.6. The van der Waals surface area contributed by atoms with Gasteiger partial charge in [0.05, 0.1) is 39.6 Å². The van der Waals surface area contributed by atoms with Gasteiger partial charge in [-0.05, 0) is 18.3 Å². The fraction of sp³-hybridized carbons (Fsp3) is 0.905. The van der Waals surface area contributed by atoms with Gasteiger partial charge in [-0.15, -0.1) is 0 Å². The van der Waals surface area contributed by atoms with Crippen LogP contribution in [-0.2, 0) is 38.0 Å².